The van der Waals surface area contributed by atoms with Crippen LogP contribution in [0.3, 0.4) is 0 Å². The van der Waals surface area contributed by atoms with Gasteiger partial charge in [0.1, 0.15) is 0 Å². The van der Waals surface area contributed by atoms with Gasteiger partial charge in [0.15, 0.2) is 0 Å². The van der Waals surface area contributed by atoms with Gasteiger partial charge in [-0.25, -0.2) is 0 Å². The summed E-state index contributed by atoms with van der Waals surface area (Å²) in [4.78, 5) is 10.9. The standard InChI is InChI=1S/C12H23NO2/c1-3-10-6-7-11(9-10)13-8-4-5-12(14)15-2/h10-11,13H,3-9H2,1-2H3. The number of ether oxygens (including phenoxy) is 1. The van der Waals surface area contributed by atoms with Gasteiger partial charge in [0, 0.05) is 12.5 Å². The first kappa shape index (κ1) is 12.5. The predicted octanol–water partition coefficient (Wildman–Crippen LogP) is 2.11. The van der Waals surface area contributed by atoms with Crippen molar-refractivity contribution in [2.75, 3.05) is 13.7 Å². The zero-order valence-corrected chi connectivity index (χ0v) is 9.92. The highest BCUT2D eigenvalue weighted by atomic mass is 16.5. The predicted molar refractivity (Wildman–Crippen MR) is 60.7 cm³/mol. The second-order valence-electron chi connectivity index (χ2n) is 4.42. The fourth-order valence-electron chi connectivity index (χ4n) is 2.27. The van der Waals surface area contributed by atoms with E-state index in [9.17, 15) is 4.79 Å². The molecule has 1 N–H and O–H groups in total. The summed E-state index contributed by atoms with van der Waals surface area (Å²) in [6.45, 7) is 3.21. The summed E-state index contributed by atoms with van der Waals surface area (Å²) in [5.41, 5.74) is 0. The molecule has 1 aliphatic carbocycles. The van der Waals surface area contributed by atoms with Gasteiger partial charge in [0.05, 0.1) is 7.11 Å². The molecule has 3 nitrogen and oxygen atoms in total. The minimum Gasteiger partial charge on any atom is -0.469 e. The molecule has 3 heteroatoms. The SMILES string of the molecule is CCC1CCC(NCCCC(=O)OC)C1. The molecule has 88 valence electrons. The molecule has 15 heavy (non-hydrogen) atoms. The number of rotatable bonds is 6. The number of carbonyl (C=O) groups is 1. The van der Waals surface area contributed by atoms with Crippen molar-refractivity contribution in [1.29, 1.82) is 0 Å². The molecule has 0 radical (unpaired) electrons. The van der Waals surface area contributed by atoms with Crippen LogP contribution in [-0.4, -0.2) is 25.7 Å². The number of hydrogen-bond acceptors (Lipinski definition) is 3. The van der Waals surface area contributed by atoms with E-state index >= 15 is 0 Å². The van der Waals surface area contributed by atoms with Crippen LogP contribution in [-0.2, 0) is 9.53 Å². The lowest BCUT2D eigenvalue weighted by Gasteiger charge is -2.12. The Morgan fingerprint density at radius 3 is 2.87 bits per heavy atom. The molecule has 0 heterocycles. The third-order valence-electron chi connectivity index (χ3n) is 3.34. The van der Waals surface area contributed by atoms with E-state index in [-0.39, 0.29) is 5.97 Å². The van der Waals surface area contributed by atoms with Crippen molar-refractivity contribution in [3.63, 3.8) is 0 Å². The van der Waals surface area contributed by atoms with Crippen molar-refractivity contribution in [1.82, 2.24) is 5.32 Å². The fraction of sp³-hybridized carbons (Fsp3) is 0.917. The molecule has 1 saturated carbocycles. The van der Waals surface area contributed by atoms with Crippen molar-refractivity contribution in [2.45, 2.75) is 51.5 Å². The van der Waals surface area contributed by atoms with E-state index in [0.29, 0.717) is 12.5 Å². The highest BCUT2D eigenvalue weighted by Gasteiger charge is 2.22. The van der Waals surface area contributed by atoms with Gasteiger partial charge in [-0.05, 0) is 38.1 Å². The van der Waals surface area contributed by atoms with Gasteiger partial charge >= 0.3 is 5.97 Å². The van der Waals surface area contributed by atoms with Gasteiger partial charge in [0.2, 0.25) is 0 Å². The maximum atomic E-state index is 10.9. The van der Waals surface area contributed by atoms with E-state index in [2.05, 4.69) is 17.0 Å². The molecule has 0 spiro atoms. The van der Waals surface area contributed by atoms with Gasteiger partial charge in [-0.2, -0.15) is 0 Å². The Balaban J connectivity index is 1.99. The summed E-state index contributed by atoms with van der Waals surface area (Å²) in [6, 6.07) is 0.688. The lowest BCUT2D eigenvalue weighted by molar-refractivity contribution is -0.140. The van der Waals surface area contributed by atoms with Crippen LogP contribution in [0.5, 0.6) is 0 Å². The Bertz CT molecular complexity index is 194. The van der Waals surface area contributed by atoms with Crippen LogP contribution >= 0.6 is 0 Å². The van der Waals surface area contributed by atoms with Crippen LogP contribution in [0, 0.1) is 5.92 Å². The third-order valence-corrected chi connectivity index (χ3v) is 3.34. The number of nitrogens with one attached hydrogen (secondary N) is 1. The number of methoxy groups -OCH3 is 1. The fourth-order valence-corrected chi connectivity index (χ4v) is 2.27. The molecule has 0 amide bonds. The minimum atomic E-state index is -0.102. The molecule has 2 atom stereocenters. The first-order chi connectivity index (χ1) is 7.26. The summed E-state index contributed by atoms with van der Waals surface area (Å²) in [5, 5.41) is 3.52. The Labute approximate surface area is 92.6 Å². The second kappa shape index (κ2) is 6.83. The van der Waals surface area contributed by atoms with E-state index in [0.717, 1.165) is 18.9 Å². The Morgan fingerprint density at radius 2 is 2.27 bits per heavy atom. The average Bonchev–Trinajstić information content (AvgIpc) is 2.72. The number of hydrogen-bond donors (Lipinski definition) is 1. The summed E-state index contributed by atoms with van der Waals surface area (Å²) in [7, 11) is 1.44. The van der Waals surface area contributed by atoms with Gasteiger partial charge in [0.25, 0.3) is 0 Å². The molecular weight excluding hydrogens is 190 g/mol. The molecule has 0 aromatic rings. The summed E-state index contributed by atoms with van der Waals surface area (Å²) < 4.78 is 4.59. The van der Waals surface area contributed by atoms with E-state index in [1.165, 1.54) is 32.8 Å². The Kier molecular flexibility index (Phi) is 5.69. The molecule has 0 aliphatic heterocycles. The van der Waals surface area contributed by atoms with E-state index in [1.54, 1.807) is 0 Å². The van der Waals surface area contributed by atoms with Crippen LogP contribution in [0.1, 0.15) is 45.4 Å². The highest BCUT2D eigenvalue weighted by Crippen LogP contribution is 2.27. The van der Waals surface area contributed by atoms with Gasteiger partial charge < -0.3 is 10.1 Å². The normalized spacial score (nSPS) is 25.5. The van der Waals surface area contributed by atoms with E-state index in [4.69, 9.17) is 0 Å². The molecule has 2 unspecified atom stereocenters. The van der Waals surface area contributed by atoms with E-state index < -0.39 is 0 Å². The minimum absolute atomic E-state index is 0.102. The van der Waals surface area contributed by atoms with Crippen LogP contribution < -0.4 is 5.32 Å². The molecule has 1 fully saturated rings. The van der Waals surface area contributed by atoms with Crippen LogP contribution in [0.4, 0.5) is 0 Å². The van der Waals surface area contributed by atoms with Crippen LogP contribution in [0.15, 0.2) is 0 Å². The van der Waals surface area contributed by atoms with E-state index in [1.807, 2.05) is 0 Å². The molecular formula is C12H23NO2. The zero-order valence-electron chi connectivity index (χ0n) is 9.92. The van der Waals surface area contributed by atoms with Gasteiger partial charge in [-0.15, -0.1) is 0 Å². The maximum Gasteiger partial charge on any atom is 0.305 e. The summed E-state index contributed by atoms with van der Waals surface area (Å²) in [6.07, 6.45) is 6.71. The number of carbonyl (C=O) groups excluding carboxylic acids is 1. The van der Waals surface area contributed by atoms with Crippen molar-refractivity contribution >= 4 is 5.97 Å². The molecule has 0 bridgehead atoms. The second-order valence-corrected chi connectivity index (χ2v) is 4.42. The quantitative estimate of drug-likeness (QED) is 0.542. The van der Waals surface area contributed by atoms with Crippen LogP contribution in [0.25, 0.3) is 0 Å². The van der Waals surface area contributed by atoms with Crippen LogP contribution in [0.2, 0.25) is 0 Å². The van der Waals surface area contributed by atoms with Gasteiger partial charge in [-0.3, -0.25) is 4.79 Å². The van der Waals surface area contributed by atoms with Crippen molar-refractivity contribution < 1.29 is 9.53 Å². The summed E-state index contributed by atoms with van der Waals surface area (Å²) in [5.74, 6) is 0.817. The van der Waals surface area contributed by atoms with Gasteiger partial charge in [-0.1, -0.05) is 13.3 Å². The van der Waals surface area contributed by atoms with Crippen molar-refractivity contribution in [3.05, 3.63) is 0 Å². The first-order valence-electron chi connectivity index (χ1n) is 6.06. The number of esters is 1. The summed E-state index contributed by atoms with van der Waals surface area (Å²) >= 11 is 0. The van der Waals surface area contributed by atoms with Crippen molar-refractivity contribution in [2.24, 2.45) is 5.92 Å². The molecule has 0 saturated heterocycles. The first-order valence-corrected chi connectivity index (χ1v) is 6.06. The molecule has 1 aliphatic rings. The zero-order chi connectivity index (χ0) is 11.1. The third kappa shape index (κ3) is 4.65. The highest BCUT2D eigenvalue weighted by molar-refractivity contribution is 5.69. The monoisotopic (exact) mass is 213 g/mol. The largest absolute Gasteiger partial charge is 0.469 e. The molecule has 0 aromatic carbocycles. The topological polar surface area (TPSA) is 38.3 Å². The molecule has 0 aromatic heterocycles. The Morgan fingerprint density at radius 1 is 1.47 bits per heavy atom. The van der Waals surface area contributed by atoms with Crippen molar-refractivity contribution in [3.8, 4) is 0 Å². The Hall–Kier alpha value is -0.570. The smallest absolute Gasteiger partial charge is 0.305 e. The lowest BCUT2D eigenvalue weighted by atomic mass is 10.1. The molecule has 1 rings (SSSR count). The lowest BCUT2D eigenvalue weighted by Crippen LogP contribution is -2.27. The maximum absolute atomic E-state index is 10.9. The average molecular weight is 213 g/mol.